The molecule has 0 saturated heterocycles. The average Bonchev–Trinajstić information content (AvgIpc) is 2.38. The lowest BCUT2D eigenvalue weighted by Gasteiger charge is -2.15. The lowest BCUT2D eigenvalue weighted by atomic mass is 10.1. The topological polar surface area (TPSA) is 84.9 Å². The molecule has 0 saturated carbocycles. The molecule has 0 aliphatic rings. The predicted molar refractivity (Wildman–Crippen MR) is 70.3 cm³/mol. The van der Waals surface area contributed by atoms with E-state index >= 15 is 0 Å². The Morgan fingerprint density at radius 1 is 1.38 bits per heavy atom. The molecule has 0 fully saturated rings. The third kappa shape index (κ3) is 4.59. The number of aryl methyl sites for hydroxylation is 1. The maximum absolute atomic E-state index is 12.2. The van der Waals surface area contributed by atoms with Crippen molar-refractivity contribution in [2.45, 2.75) is 20.3 Å². The van der Waals surface area contributed by atoms with E-state index in [4.69, 9.17) is 4.74 Å². The molecule has 0 aromatic heterocycles. The van der Waals surface area contributed by atoms with Crippen molar-refractivity contribution in [1.29, 1.82) is 0 Å². The molecule has 6 nitrogen and oxygen atoms in total. The Bertz CT molecular complexity index is 534. The number of hydrogen-bond donors (Lipinski definition) is 2. The van der Waals surface area contributed by atoms with Crippen molar-refractivity contribution in [2.75, 3.05) is 18.5 Å². The quantitative estimate of drug-likeness (QED) is 0.844. The van der Waals surface area contributed by atoms with Crippen LogP contribution < -0.4 is 10.1 Å². The van der Waals surface area contributed by atoms with Crippen molar-refractivity contribution in [3.8, 4) is 5.75 Å². The summed E-state index contributed by atoms with van der Waals surface area (Å²) in [7, 11) is 0. The number of carboxylic acids is 1. The average molecular weight is 303 g/mol. The second-order valence-electron chi connectivity index (χ2n) is 3.99. The Hall–Kier alpha value is -2.38. The number of carboxylic acid groups (broad SMARTS) is 1. The number of benzene rings is 1. The fraction of sp³-hybridized carbons (Fsp3) is 0.385. The molecule has 1 aromatic rings. The zero-order chi connectivity index (χ0) is 16.0. The maximum atomic E-state index is 12.2. The Labute approximate surface area is 119 Å². The molecule has 0 bridgehead atoms. The summed E-state index contributed by atoms with van der Waals surface area (Å²) in [4.78, 5) is 22.7. The summed E-state index contributed by atoms with van der Waals surface area (Å²) in [5.41, 5.74) is -0.123. The van der Waals surface area contributed by atoms with E-state index in [2.05, 4.69) is 10.1 Å². The number of aromatic carboxylic acids is 1. The molecule has 0 heterocycles. The van der Waals surface area contributed by atoms with Crippen LogP contribution in [0.25, 0.3) is 0 Å². The van der Waals surface area contributed by atoms with Gasteiger partial charge < -0.3 is 14.6 Å². The van der Waals surface area contributed by atoms with Gasteiger partial charge in [0.25, 0.3) is 6.43 Å². The standard InChI is InChI=1S/C13H15F2NO5/c1-3-20-13(19)16-8-5-4-7(2)11(10(8)12(17)18)21-6-9(14)15/h4-5,9H,3,6H2,1-2H3,(H,16,19)(H,17,18). The number of amides is 1. The minimum atomic E-state index is -2.74. The molecule has 21 heavy (non-hydrogen) atoms. The molecule has 1 aromatic carbocycles. The third-order valence-corrected chi connectivity index (χ3v) is 2.43. The van der Waals surface area contributed by atoms with E-state index in [9.17, 15) is 23.5 Å². The number of carbonyl (C=O) groups is 2. The predicted octanol–water partition coefficient (Wildman–Crippen LogP) is 2.91. The third-order valence-electron chi connectivity index (χ3n) is 2.43. The van der Waals surface area contributed by atoms with E-state index in [0.717, 1.165) is 0 Å². The number of carbonyl (C=O) groups excluding carboxylic acids is 1. The molecule has 2 N–H and O–H groups in total. The number of hydrogen-bond acceptors (Lipinski definition) is 4. The van der Waals surface area contributed by atoms with E-state index in [1.54, 1.807) is 6.92 Å². The summed E-state index contributed by atoms with van der Waals surface area (Å²) in [5, 5.41) is 11.5. The summed E-state index contributed by atoms with van der Waals surface area (Å²) < 4.78 is 34.0. The van der Waals surface area contributed by atoms with E-state index < -0.39 is 30.7 Å². The SMILES string of the molecule is CCOC(=O)Nc1ccc(C)c(OCC(F)F)c1C(=O)O. The maximum Gasteiger partial charge on any atom is 0.411 e. The van der Waals surface area contributed by atoms with Gasteiger partial charge in [0, 0.05) is 0 Å². The first-order valence-corrected chi connectivity index (χ1v) is 6.08. The number of nitrogens with one attached hydrogen (secondary N) is 1. The van der Waals surface area contributed by atoms with E-state index in [-0.39, 0.29) is 18.0 Å². The minimum Gasteiger partial charge on any atom is -0.486 e. The molecule has 0 unspecified atom stereocenters. The van der Waals surface area contributed by atoms with Crippen LogP contribution >= 0.6 is 0 Å². The highest BCUT2D eigenvalue weighted by molar-refractivity contribution is 6.01. The van der Waals surface area contributed by atoms with E-state index in [0.29, 0.717) is 5.56 Å². The van der Waals surface area contributed by atoms with Crippen LogP contribution in [-0.2, 0) is 4.74 Å². The summed E-state index contributed by atoms with van der Waals surface area (Å²) >= 11 is 0. The largest absolute Gasteiger partial charge is 0.486 e. The van der Waals surface area contributed by atoms with Gasteiger partial charge in [-0.15, -0.1) is 0 Å². The molecular formula is C13H15F2NO5. The number of halogens is 2. The summed E-state index contributed by atoms with van der Waals surface area (Å²) in [5.74, 6) is -1.62. The molecular weight excluding hydrogens is 288 g/mol. The number of alkyl halides is 2. The van der Waals surface area contributed by atoms with Gasteiger partial charge >= 0.3 is 12.1 Å². The first-order valence-electron chi connectivity index (χ1n) is 6.08. The van der Waals surface area contributed by atoms with Crippen LogP contribution in [0, 0.1) is 6.92 Å². The number of rotatable bonds is 6. The molecule has 0 spiro atoms. The van der Waals surface area contributed by atoms with Gasteiger partial charge in [-0.2, -0.15) is 0 Å². The summed E-state index contributed by atoms with van der Waals surface area (Å²) in [6, 6.07) is 2.79. The van der Waals surface area contributed by atoms with Crippen LogP contribution in [-0.4, -0.2) is 36.8 Å². The lowest BCUT2D eigenvalue weighted by Crippen LogP contribution is -2.18. The molecule has 1 amide bonds. The van der Waals surface area contributed by atoms with Crippen molar-refractivity contribution in [2.24, 2.45) is 0 Å². The molecule has 116 valence electrons. The van der Waals surface area contributed by atoms with E-state index in [1.165, 1.54) is 19.1 Å². The summed E-state index contributed by atoms with van der Waals surface area (Å²) in [6.07, 6.45) is -3.59. The fourth-order valence-electron chi connectivity index (χ4n) is 1.61. The van der Waals surface area contributed by atoms with Gasteiger partial charge in [-0.05, 0) is 25.5 Å². The second-order valence-corrected chi connectivity index (χ2v) is 3.99. The highest BCUT2D eigenvalue weighted by Gasteiger charge is 2.21. The molecule has 0 aliphatic heterocycles. The molecule has 0 radical (unpaired) electrons. The smallest absolute Gasteiger partial charge is 0.411 e. The van der Waals surface area contributed by atoms with Crippen molar-refractivity contribution in [3.05, 3.63) is 23.3 Å². The molecule has 8 heteroatoms. The van der Waals surface area contributed by atoms with Gasteiger partial charge in [-0.25, -0.2) is 18.4 Å². The van der Waals surface area contributed by atoms with Gasteiger partial charge in [0.2, 0.25) is 0 Å². The van der Waals surface area contributed by atoms with Crippen LogP contribution in [0.15, 0.2) is 12.1 Å². The Kier molecular flexibility index (Phi) is 5.89. The molecule has 0 atom stereocenters. The number of ether oxygens (including phenoxy) is 2. The van der Waals surface area contributed by atoms with Gasteiger partial charge in [0.05, 0.1) is 12.3 Å². The van der Waals surface area contributed by atoms with Gasteiger partial charge in [-0.1, -0.05) is 6.07 Å². The van der Waals surface area contributed by atoms with Crippen molar-refractivity contribution < 1.29 is 33.0 Å². The Morgan fingerprint density at radius 3 is 2.57 bits per heavy atom. The number of anilines is 1. The van der Waals surface area contributed by atoms with Crippen molar-refractivity contribution >= 4 is 17.7 Å². The Morgan fingerprint density at radius 2 is 2.05 bits per heavy atom. The highest BCUT2D eigenvalue weighted by Crippen LogP contribution is 2.31. The van der Waals surface area contributed by atoms with Crippen LogP contribution in [0.5, 0.6) is 5.75 Å². The molecule has 1 rings (SSSR count). The van der Waals surface area contributed by atoms with Gasteiger partial charge in [-0.3, -0.25) is 5.32 Å². The monoisotopic (exact) mass is 303 g/mol. The van der Waals surface area contributed by atoms with Gasteiger partial charge in [0.15, 0.2) is 0 Å². The zero-order valence-electron chi connectivity index (χ0n) is 11.5. The first kappa shape index (κ1) is 16.7. The molecule has 0 aliphatic carbocycles. The second kappa shape index (κ2) is 7.41. The van der Waals surface area contributed by atoms with Crippen LogP contribution in [0.3, 0.4) is 0 Å². The zero-order valence-corrected chi connectivity index (χ0v) is 11.5. The van der Waals surface area contributed by atoms with Crippen molar-refractivity contribution in [3.63, 3.8) is 0 Å². The van der Waals surface area contributed by atoms with Crippen LogP contribution in [0.4, 0.5) is 19.3 Å². The normalized spacial score (nSPS) is 10.3. The highest BCUT2D eigenvalue weighted by atomic mass is 19.3. The van der Waals surface area contributed by atoms with Crippen molar-refractivity contribution in [1.82, 2.24) is 0 Å². The fourth-order valence-corrected chi connectivity index (χ4v) is 1.61. The van der Waals surface area contributed by atoms with Crippen LogP contribution in [0.2, 0.25) is 0 Å². The van der Waals surface area contributed by atoms with Crippen LogP contribution in [0.1, 0.15) is 22.8 Å². The Balaban J connectivity index is 3.16. The lowest BCUT2D eigenvalue weighted by molar-refractivity contribution is 0.0664. The first-order chi connectivity index (χ1) is 9.86. The van der Waals surface area contributed by atoms with Gasteiger partial charge in [0.1, 0.15) is 17.9 Å². The summed E-state index contributed by atoms with van der Waals surface area (Å²) in [6.45, 7) is 2.27. The minimum absolute atomic E-state index is 0.0872. The van der Waals surface area contributed by atoms with E-state index in [1.807, 2.05) is 0 Å².